The Labute approximate surface area is 91.2 Å². The van der Waals surface area contributed by atoms with Crippen LogP contribution in [0, 0.1) is 0 Å². The third-order valence-corrected chi connectivity index (χ3v) is 2.20. The minimum absolute atomic E-state index is 0.0419. The van der Waals surface area contributed by atoms with Gasteiger partial charge in [0.25, 0.3) is 0 Å². The summed E-state index contributed by atoms with van der Waals surface area (Å²) in [5.74, 6) is 0. The normalized spacial score (nSPS) is 13.0. The van der Waals surface area contributed by atoms with Crippen molar-refractivity contribution in [3.63, 3.8) is 0 Å². The summed E-state index contributed by atoms with van der Waals surface area (Å²) in [4.78, 5) is 7.53. The molecule has 1 heterocycles. The van der Waals surface area contributed by atoms with Crippen LogP contribution in [0.5, 0.6) is 0 Å². The third kappa shape index (κ3) is 2.95. The first-order valence-electron chi connectivity index (χ1n) is 3.63. The van der Waals surface area contributed by atoms with Crippen LogP contribution in [0.1, 0.15) is 12.5 Å². The summed E-state index contributed by atoms with van der Waals surface area (Å²) in [6.07, 6.45) is 0.537. The Balaban J connectivity index is 3.06. The summed E-state index contributed by atoms with van der Waals surface area (Å²) in [6, 6.07) is -0.0419. The van der Waals surface area contributed by atoms with Crippen molar-refractivity contribution in [1.29, 1.82) is 0 Å². The first kappa shape index (κ1) is 11.0. The second kappa shape index (κ2) is 4.42. The highest BCUT2D eigenvalue weighted by Crippen LogP contribution is 2.23. The number of aromatic nitrogens is 2. The summed E-state index contributed by atoms with van der Waals surface area (Å²) >= 11 is 17.1. The molecule has 0 saturated carbocycles. The lowest BCUT2D eigenvalue weighted by molar-refractivity contribution is 0.732. The van der Waals surface area contributed by atoms with Gasteiger partial charge in [0.2, 0.25) is 5.28 Å². The Hall–Kier alpha value is -0.0900. The smallest absolute Gasteiger partial charge is 0.225 e. The molecule has 0 aliphatic carbocycles. The van der Waals surface area contributed by atoms with Crippen molar-refractivity contribution in [3.05, 3.63) is 21.2 Å². The molecule has 0 bridgehead atoms. The summed E-state index contributed by atoms with van der Waals surface area (Å²) in [5.41, 5.74) is 6.24. The number of rotatable bonds is 2. The third-order valence-electron chi connectivity index (χ3n) is 1.40. The number of hydrogen-bond donors (Lipinski definition) is 1. The van der Waals surface area contributed by atoms with E-state index >= 15 is 0 Å². The number of hydrogen-bond acceptors (Lipinski definition) is 3. The predicted molar refractivity (Wildman–Crippen MR) is 54.4 cm³/mol. The first-order valence-corrected chi connectivity index (χ1v) is 4.77. The van der Waals surface area contributed by atoms with Crippen LogP contribution in [-0.4, -0.2) is 16.0 Å². The molecule has 1 rings (SSSR count). The van der Waals surface area contributed by atoms with Gasteiger partial charge in [-0.25, -0.2) is 9.97 Å². The minimum atomic E-state index is -0.0419. The fraction of sp³-hybridized carbons (Fsp3) is 0.429. The highest BCUT2D eigenvalue weighted by Gasteiger charge is 2.11. The molecule has 1 atom stereocenters. The van der Waals surface area contributed by atoms with E-state index in [1.54, 1.807) is 0 Å². The first-order chi connectivity index (χ1) is 6.00. The van der Waals surface area contributed by atoms with E-state index in [0.717, 1.165) is 0 Å². The lowest BCUT2D eigenvalue weighted by Gasteiger charge is -2.07. The van der Waals surface area contributed by atoms with Crippen molar-refractivity contribution in [2.75, 3.05) is 0 Å². The molecule has 0 saturated heterocycles. The maximum absolute atomic E-state index is 5.80. The zero-order chi connectivity index (χ0) is 10.0. The zero-order valence-electron chi connectivity index (χ0n) is 6.89. The van der Waals surface area contributed by atoms with E-state index in [2.05, 4.69) is 9.97 Å². The fourth-order valence-electron chi connectivity index (χ4n) is 0.897. The SMILES string of the molecule is CC(N)Cc1c(Cl)nc(Cl)nc1Cl. The highest BCUT2D eigenvalue weighted by atomic mass is 35.5. The molecule has 2 N–H and O–H groups in total. The molecule has 72 valence electrons. The lowest BCUT2D eigenvalue weighted by atomic mass is 10.1. The number of halogens is 3. The highest BCUT2D eigenvalue weighted by molar-refractivity contribution is 6.36. The van der Waals surface area contributed by atoms with Crippen molar-refractivity contribution >= 4 is 34.8 Å². The van der Waals surface area contributed by atoms with Crippen LogP contribution in [0.25, 0.3) is 0 Å². The Bertz CT molecular complexity index is 291. The van der Waals surface area contributed by atoms with Gasteiger partial charge < -0.3 is 5.73 Å². The Kier molecular flexibility index (Phi) is 3.74. The summed E-state index contributed by atoms with van der Waals surface area (Å²) in [6.45, 7) is 1.85. The van der Waals surface area contributed by atoms with E-state index in [-0.39, 0.29) is 21.6 Å². The standard InChI is InChI=1S/C7H8Cl3N3/c1-3(11)2-4-5(8)12-7(10)13-6(4)9/h3H,2,11H2,1H3. The average Bonchev–Trinajstić information content (AvgIpc) is 1.96. The largest absolute Gasteiger partial charge is 0.328 e. The second-order valence-electron chi connectivity index (χ2n) is 2.73. The van der Waals surface area contributed by atoms with E-state index in [9.17, 15) is 0 Å². The van der Waals surface area contributed by atoms with Gasteiger partial charge in [-0.1, -0.05) is 23.2 Å². The maximum atomic E-state index is 5.80. The van der Waals surface area contributed by atoms with E-state index < -0.39 is 0 Å². The monoisotopic (exact) mass is 239 g/mol. The fourth-order valence-corrected chi connectivity index (χ4v) is 1.69. The Morgan fingerprint density at radius 1 is 1.23 bits per heavy atom. The molecule has 13 heavy (non-hydrogen) atoms. The minimum Gasteiger partial charge on any atom is -0.328 e. The molecule has 1 unspecified atom stereocenters. The Morgan fingerprint density at radius 3 is 2.08 bits per heavy atom. The lowest BCUT2D eigenvalue weighted by Crippen LogP contribution is -2.18. The average molecular weight is 241 g/mol. The molecule has 0 fully saturated rings. The van der Waals surface area contributed by atoms with Crippen molar-refractivity contribution in [3.8, 4) is 0 Å². The summed E-state index contributed by atoms with van der Waals surface area (Å²) < 4.78 is 0. The van der Waals surface area contributed by atoms with Gasteiger partial charge in [0.15, 0.2) is 0 Å². The topological polar surface area (TPSA) is 51.8 Å². The molecule has 0 aliphatic rings. The van der Waals surface area contributed by atoms with Crippen molar-refractivity contribution in [1.82, 2.24) is 9.97 Å². The van der Waals surface area contributed by atoms with Crippen LogP contribution in [0.3, 0.4) is 0 Å². The van der Waals surface area contributed by atoms with Gasteiger partial charge in [0, 0.05) is 11.6 Å². The molecular weight excluding hydrogens is 232 g/mol. The van der Waals surface area contributed by atoms with Crippen LogP contribution in [-0.2, 0) is 6.42 Å². The molecule has 1 aromatic rings. The van der Waals surface area contributed by atoms with E-state index in [1.165, 1.54) is 0 Å². The van der Waals surface area contributed by atoms with E-state index in [1.807, 2.05) is 6.92 Å². The van der Waals surface area contributed by atoms with Crippen LogP contribution in [0.4, 0.5) is 0 Å². The van der Waals surface area contributed by atoms with Gasteiger partial charge in [-0.05, 0) is 24.9 Å². The number of nitrogens with zero attached hydrogens (tertiary/aromatic N) is 2. The van der Waals surface area contributed by atoms with Crippen LogP contribution in [0.15, 0.2) is 0 Å². The molecular formula is C7H8Cl3N3. The van der Waals surface area contributed by atoms with Gasteiger partial charge in [-0.3, -0.25) is 0 Å². The van der Waals surface area contributed by atoms with Crippen molar-refractivity contribution < 1.29 is 0 Å². The van der Waals surface area contributed by atoms with Gasteiger partial charge >= 0.3 is 0 Å². The quantitative estimate of drug-likeness (QED) is 0.638. The van der Waals surface area contributed by atoms with Crippen LogP contribution < -0.4 is 5.73 Å². The molecule has 0 spiro atoms. The molecule has 1 aromatic heterocycles. The molecule has 0 radical (unpaired) electrons. The molecule has 0 aliphatic heterocycles. The van der Waals surface area contributed by atoms with Crippen molar-refractivity contribution in [2.45, 2.75) is 19.4 Å². The molecule has 0 aromatic carbocycles. The summed E-state index contributed by atoms with van der Waals surface area (Å²) in [7, 11) is 0. The summed E-state index contributed by atoms with van der Waals surface area (Å²) in [5, 5.41) is 0.577. The number of nitrogens with two attached hydrogens (primary N) is 1. The molecule has 0 amide bonds. The van der Waals surface area contributed by atoms with E-state index in [0.29, 0.717) is 12.0 Å². The van der Waals surface area contributed by atoms with E-state index in [4.69, 9.17) is 40.5 Å². The van der Waals surface area contributed by atoms with Crippen LogP contribution >= 0.6 is 34.8 Å². The Morgan fingerprint density at radius 2 is 1.69 bits per heavy atom. The zero-order valence-corrected chi connectivity index (χ0v) is 9.16. The predicted octanol–water partition coefficient (Wildman–Crippen LogP) is 2.33. The molecule has 6 heteroatoms. The second-order valence-corrected chi connectivity index (χ2v) is 3.79. The van der Waals surface area contributed by atoms with Crippen LogP contribution in [0.2, 0.25) is 15.6 Å². The van der Waals surface area contributed by atoms with Gasteiger partial charge in [-0.2, -0.15) is 0 Å². The van der Waals surface area contributed by atoms with Gasteiger partial charge in [0.05, 0.1) is 0 Å². The van der Waals surface area contributed by atoms with Gasteiger partial charge in [-0.15, -0.1) is 0 Å². The molecule has 3 nitrogen and oxygen atoms in total. The van der Waals surface area contributed by atoms with Crippen molar-refractivity contribution in [2.24, 2.45) is 5.73 Å². The van der Waals surface area contributed by atoms with Gasteiger partial charge in [0.1, 0.15) is 10.3 Å². The maximum Gasteiger partial charge on any atom is 0.225 e.